The summed E-state index contributed by atoms with van der Waals surface area (Å²) in [6.07, 6.45) is -4.41. The van der Waals surface area contributed by atoms with Gasteiger partial charge in [0.2, 0.25) is 5.88 Å². The third kappa shape index (κ3) is 6.08. The molecule has 2 heterocycles. The number of ether oxygens (including phenoxy) is 2. The van der Waals surface area contributed by atoms with Crippen LogP contribution in [0.5, 0.6) is 5.88 Å². The predicted octanol–water partition coefficient (Wildman–Crippen LogP) is 1.21. The van der Waals surface area contributed by atoms with Crippen molar-refractivity contribution in [2.45, 2.75) is 31.7 Å². The molecular weight excluding hydrogens is 405 g/mol. The van der Waals surface area contributed by atoms with Crippen LogP contribution in [0.2, 0.25) is 0 Å². The molecular formula is C16H19F3N2O6S. The maximum atomic E-state index is 12.4. The highest BCUT2D eigenvalue weighted by atomic mass is 32.2. The van der Waals surface area contributed by atoms with Gasteiger partial charge in [-0.1, -0.05) is 0 Å². The van der Waals surface area contributed by atoms with Crippen LogP contribution in [0.3, 0.4) is 0 Å². The standard InChI is InChI=1S/C16H19F3N2O6S/c1-10(14(22)21(2)12-5-6-28(24,25)8-12)27-15(23)11-3-4-13(20-7-11)26-9-16(17,18)19/h3-4,7,10,12H,5-6,8-9H2,1-2H3/t10-,12-/m0/s1. The lowest BCUT2D eigenvalue weighted by Crippen LogP contribution is -2.44. The maximum absolute atomic E-state index is 12.4. The Kier molecular flexibility index (Phi) is 6.52. The first-order valence-electron chi connectivity index (χ1n) is 8.21. The van der Waals surface area contributed by atoms with Gasteiger partial charge in [-0.2, -0.15) is 13.2 Å². The van der Waals surface area contributed by atoms with E-state index in [0.29, 0.717) is 6.42 Å². The Morgan fingerprint density at radius 2 is 2.04 bits per heavy atom. The average molecular weight is 424 g/mol. The topological polar surface area (TPSA) is 103 Å². The van der Waals surface area contributed by atoms with Crippen LogP contribution in [0, 0.1) is 0 Å². The first-order chi connectivity index (χ1) is 12.9. The number of sulfone groups is 1. The zero-order valence-electron chi connectivity index (χ0n) is 15.1. The highest BCUT2D eigenvalue weighted by Gasteiger charge is 2.35. The summed E-state index contributed by atoms with van der Waals surface area (Å²) >= 11 is 0. The van der Waals surface area contributed by atoms with Gasteiger partial charge < -0.3 is 14.4 Å². The molecule has 8 nitrogen and oxygen atoms in total. The monoisotopic (exact) mass is 424 g/mol. The number of rotatable bonds is 6. The zero-order chi connectivity index (χ0) is 21.1. The van der Waals surface area contributed by atoms with Crippen LogP contribution in [-0.2, 0) is 19.4 Å². The second-order valence-electron chi connectivity index (χ2n) is 6.34. The number of amides is 1. The number of halogens is 3. The van der Waals surface area contributed by atoms with Gasteiger partial charge in [0.05, 0.1) is 17.1 Å². The molecule has 0 unspecified atom stereocenters. The van der Waals surface area contributed by atoms with E-state index in [-0.39, 0.29) is 22.9 Å². The number of carbonyl (C=O) groups excluding carboxylic acids is 2. The lowest BCUT2D eigenvalue weighted by molar-refractivity contribution is -0.154. The quantitative estimate of drug-likeness (QED) is 0.633. The van der Waals surface area contributed by atoms with E-state index in [4.69, 9.17) is 4.74 Å². The summed E-state index contributed by atoms with van der Waals surface area (Å²) in [5.41, 5.74) is -0.0786. The van der Waals surface area contributed by atoms with Crippen molar-refractivity contribution in [2.24, 2.45) is 0 Å². The van der Waals surface area contributed by atoms with Gasteiger partial charge in [0.15, 0.2) is 22.5 Å². The number of esters is 1. The summed E-state index contributed by atoms with van der Waals surface area (Å²) in [5, 5.41) is 0. The third-order valence-corrected chi connectivity index (χ3v) is 5.84. The van der Waals surface area contributed by atoms with Crippen molar-refractivity contribution in [1.82, 2.24) is 9.88 Å². The molecule has 0 saturated carbocycles. The molecule has 1 aromatic heterocycles. The maximum Gasteiger partial charge on any atom is 0.422 e. The van der Waals surface area contributed by atoms with Crippen LogP contribution in [0.1, 0.15) is 23.7 Å². The number of hydrogen-bond acceptors (Lipinski definition) is 7. The molecule has 1 aromatic rings. The van der Waals surface area contributed by atoms with Crippen molar-refractivity contribution in [3.63, 3.8) is 0 Å². The van der Waals surface area contributed by atoms with Gasteiger partial charge in [-0.05, 0) is 19.4 Å². The molecule has 0 aliphatic carbocycles. The highest BCUT2D eigenvalue weighted by molar-refractivity contribution is 7.91. The van der Waals surface area contributed by atoms with E-state index < -0.39 is 46.6 Å². The number of aromatic nitrogens is 1. The minimum atomic E-state index is -4.51. The number of alkyl halides is 3. The van der Waals surface area contributed by atoms with Crippen molar-refractivity contribution in [2.75, 3.05) is 25.2 Å². The fraction of sp³-hybridized carbons (Fsp3) is 0.562. The van der Waals surface area contributed by atoms with E-state index in [2.05, 4.69) is 9.72 Å². The van der Waals surface area contributed by atoms with Gasteiger partial charge in [0.25, 0.3) is 5.91 Å². The number of likely N-dealkylation sites (N-methyl/N-ethyl adjacent to an activating group) is 1. The molecule has 1 aliphatic heterocycles. The molecule has 0 radical (unpaired) electrons. The second kappa shape index (κ2) is 8.33. The SMILES string of the molecule is C[C@H](OC(=O)c1ccc(OCC(F)(F)F)nc1)C(=O)N(C)[C@H]1CCS(=O)(=O)C1. The van der Waals surface area contributed by atoms with Crippen molar-refractivity contribution in [3.05, 3.63) is 23.9 Å². The zero-order valence-corrected chi connectivity index (χ0v) is 15.9. The average Bonchev–Trinajstić information content (AvgIpc) is 2.98. The minimum absolute atomic E-state index is 0.00210. The predicted molar refractivity (Wildman–Crippen MR) is 90.5 cm³/mol. The van der Waals surface area contributed by atoms with Gasteiger partial charge in [0.1, 0.15) is 0 Å². The molecule has 28 heavy (non-hydrogen) atoms. The molecule has 0 N–H and O–H groups in total. The summed E-state index contributed by atoms with van der Waals surface area (Å²) in [5.74, 6) is -1.92. The Hall–Kier alpha value is -2.37. The lowest BCUT2D eigenvalue weighted by Gasteiger charge is -2.26. The number of nitrogens with zero attached hydrogens (tertiary/aromatic N) is 2. The van der Waals surface area contributed by atoms with E-state index in [1.54, 1.807) is 0 Å². The Bertz CT molecular complexity index is 826. The first kappa shape index (κ1) is 21.9. The molecule has 2 atom stereocenters. The van der Waals surface area contributed by atoms with E-state index in [9.17, 15) is 31.2 Å². The van der Waals surface area contributed by atoms with Gasteiger partial charge in [-0.15, -0.1) is 0 Å². The molecule has 2 rings (SSSR count). The van der Waals surface area contributed by atoms with Crippen molar-refractivity contribution >= 4 is 21.7 Å². The lowest BCUT2D eigenvalue weighted by atomic mass is 10.2. The Labute approximate surface area is 159 Å². The van der Waals surface area contributed by atoms with Crippen LogP contribution < -0.4 is 4.74 Å². The van der Waals surface area contributed by atoms with Crippen molar-refractivity contribution in [3.8, 4) is 5.88 Å². The van der Waals surface area contributed by atoms with Crippen LogP contribution in [0.25, 0.3) is 0 Å². The molecule has 156 valence electrons. The molecule has 0 bridgehead atoms. The van der Waals surface area contributed by atoms with E-state index >= 15 is 0 Å². The summed E-state index contributed by atoms with van der Waals surface area (Å²) in [6.45, 7) is -0.174. The largest absolute Gasteiger partial charge is 0.468 e. The molecule has 1 aliphatic rings. The normalized spacial score (nSPS) is 19.7. The van der Waals surface area contributed by atoms with Crippen LogP contribution >= 0.6 is 0 Å². The summed E-state index contributed by atoms with van der Waals surface area (Å²) in [7, 11) is -1.74. The third-order valence-electron chi connectivity index (χ3n) is 4.09. The van der Waals surface area contributed by atoms with Gasteiger partial charge >= 0.3 is 12.1 Å². The van der Waals surface area contributed by atoms with Gasteiger partial charge in [0, 0.05) is 25.4 Å². The summed E-state index contributed by atoms with van der Waals surface area (Å²) < 4.78 is 68.8. The highest BCUT2D eigenvalue weighted by Crippen LogP contribution is 2.19. The molecule has 1 fully saturated rings. The number of hydrogen-bond donors (Lipinski definition) is 0. The Morgan fingerprint density at radius 3 is 2.54 bits per heavy atom. The number of pyridine rings is 1. The number of carbonyl (C=O) groups is 2. The van der Waals surface area contributed by atoms with E-state index in [1.165, 1.54) is 18.9 Å². The van der Waals surface area contributed by atoms with E-state index in [1.807, 2.05) is 0 Å². The Morgan fingerprint density at radius 1 is 1.36 bits per heavy atom. The summed E-state index contributed by atoms with van der Waals surface area (Å²) in [6, 6.07) is 1.75. The smallest absolute Gasteiger partial charge is 0.422 e. The van der Waals surface area contributed by atoms with Crippen LogP contribution in [0.4, 0.5) is 13.2 Å². The molecule has 1 saturated heterocycles. The van der Waals surface area contributed by atoms with Crippen molar-refractivity contribution in [1.29, 1.82) is 0 Å². The van der Waals surface area contributed by atoms with E-state index in [0.717, 1.165) is 18.3 Å². The first-order valence-corrected chi connectivity index (χ1v) is 10.0. The summed E-state index contributed by atoms with van der Waals surface area (Å²) in [4.78, 5) is 29.3. The molecule has 0 aromatic carbocycles. The molecule has 12 heteroatoms. The fourth-order valence-corrected chi connectivity index (χ4v) is 4.34. The molecule has 0 spiro atoms. The fourth-order valence-electron chi connectivity index (χ4n) is 2.57. The Balaban J connectivity index is 1.91. The minimum Gasteiger partial charge on any atom is -0.468 e. The van der Waals surface area contributed by atoms with Crippen LogP contribution in [0.15, 0.2) is 18.3 Å². The van der Waals surface area contributed by atoms with Gasteiger partial charge in [-0.25, -0.2) is 18.2 Å². The van der Waals surface area contributed by atoms with Crippen molar-refractivity contribution < 1.29 is 40.7 Å². The second-order valence-corrected chi connectivity index (χ2v) is 8.57. The van der Waals surface area contributed by atoms with Gasteiger partial charge in [-0.3, -0.25) is 4.79 Å². The van der Waals surface area contributed by atoms with Crippen LogP contribution in [-0.4, -0.2) is 73.7 Å². The molecule has 1 amide bonds.